The summed E-state index contributed by atoms with van der Waals surface area (Å²) < 4.78 is 27.4. The molecule has 0 saturated carbocycles. The third kappa shape index (κ3) is 5.13. The van der Waals surface area contributed by atoms with Crippen molar-refractivity contribution >= 4 is 15.9 Å². The Balaban J connectivity index is 1.54. The molecule has 7 heteroatoms. The summed E-state index contributed by atoms with van der Waals surface area (Å²) in [6.07, 6.45) is 4.59. The lowest BCUT2D eigenvalue weighted by Crippen LogP contribution is -2.51. The monoisotopic (exact) mass is 407 g/mol. The molecule has 3 rings (SSSR count). The van der Waals surface area contributed by atoms with E-state index in [-0.39, 0.29) is 5.91 Å². The normalized spacial score (nSPS) is 20.3. The molecule has 0 atom stereocenters. The zero-order chi connectivity index (χ0) is 20.1. The SMILES string of the molecule is CC(C)c1ccc(S(=O)(=O)N2CCN(CC(=O)N3CCCCCC3)CC2)cc1. The van der Waals surface area contributed by atoms with Gasteiger partial charge in [0.25, 0.3) is 0 Å². The van der Waals surface area contributed by atoms with Gasteiger partial charge in [-0.1, -0.05) is 38.8 Å². The lowest BCUT2D eigenvalue weighted by atomic mass is 10.0. The van der Waals surface area contributed by atoms with Crippen LogP contribution in [0.5, 0.6) is 0 Å². The molecule has 28 heavy (non-hydrogen) atoms. The number of hydrogen-bond acceptors (Lipinski definition) is 4. The first-order valence-corrected chi connectivity index (χ1v) is 11.9. The maximum Gasteiger partial charge on any atom is 0.243 e. The zero-order valence-electron chi connectivity index (χ0n) is 17.1. The molecule has 2 saturated heterocycles. The summed E-state index contributed by atoms with van der Waals surface area (Å²) in [5.74, 6) is 0.560. The van der Waals surface area contributed by atoms with Gasteiger partial charge in [-0.2, -0.15) is 4.31 Å². The van der Waals surface area contributed by atoms with Crippen LogP contribution < -0.4 is 0 Å². The molecule has 2 aliphatic rings. The average molecular weight is 408 g/mol. The Morgan fingerprint density at radius 3 is 2.00 bits per heavy atom. The number of hydrogen-bond donors (Lipinski definition) is 0. The van der Waals surface area contributed by atoms with Gasteiger partial charge in [0.15, 0.2) is 0 Å². The molecule has 0 N–H and O–H groups in total. The second kappa shape index (κ2) is 9.37. The third-order valence-electron chi connectivity index (χ3n) is 5.83. The Hall–Kier alpha value is -1.44. The van der Waals surface area contributed by atoms with Gasteiger partial charge in [-0.15, -0.1) is 0 Å². The molecule has 0 bridgehead atoms. The van der Waals surface area contributed by atoms with E-state index in [2.05, 4.69) is 18.7 Å². The number of rotatable bonds is 5. The lowest BCUT2D eigenvalue weighted by Gasteiger charge is -2.34. The van der Waals surface area contributed by atoms with Gasteiger partial charge in [0.05, 0.1) is 11.4 Å². The Labute approximate surface area is 169 Å². The number of carbonyl (C=O) groups is 1. The number of piperazine rings is 1. The van der Waals surface area contributed by atoms with E-state index in [0.29, 0.717) is 43.5 Å². The van der Waals surface area contributed by atoms with Crippen molar-refractivity contribution in [3.05, 3.63) is 29.8 Å². The predicted molar refractivity (Wildman–Crippen MR) is 111 cm³/mol. The topological polar surface area (TPSA) is 60.9 Å². The van der Waals surface area contributed by atoms with Crippen molar-refractivity contribution in [2.24, 2.45) is 0 Å². The molecule has 1 aromatic carbocycles. The summed E-state index contributed by atoms with van der Waals surface area (Å²) in [4.78, 5) is 17.0. The van der Waals surface area contributed by atoms with E-state index in [1.807, 2.05) is 17.0 Å². The van der Waals surface area contributed by atoms with Crippen LogP contribution in [0.15, 0.2) is 29.2 Å². The van der Waals surface area contributed by atoms with Crippen LogP contribution in [0.2, 0.25) is 0 Å². The Kier molecular flexibility index (Phi) is 7.12. The molecule has 1 amide bonds. The van der Waals surface area contributed by atoms with Crippen LogP contribution in [-0.4, -0.2) is 74.2 Å². The van der Waals surface area contributed by atoms with Crippen LogP contribution in [0.3, 0.4) is 0 Å². The van der Waals surface area contributed by atoms with Crippen LogP contribution in [0, 0.1) is 0 Å². The number of amides is 1. The highest BCUT2D eigenvalue weighted by molar-refractivity contribution is 7.89. The van der Waals surface area contributed by atoms with Crippen molar-refractivity contribution in [2.75, 3.05) is 45.8 Å². The van der Waals surface area contributed by atoms with Crippen LogP contribution in [0.1, 0.15) is 51.0 Å². The van der Waals surface area contributed by atoms with Crippen molar-refractivity contribution in [1.82, 2.24) is 14.1 Å². The van der Waals surface area contributed by atoms with Gasteiger partial charge < -0.3 is 4.90 Å². The number of likely N-dealkylation sites (tertiary alicyclic amines) is 1. The zero-order valence-corrected chi connectivity index (χ0v) is 18.0. The highest BCUT2D eigenvalue weighted by Gasteiger charge is 2.29. The van der Waals surface area contributed by atoms with Gasteiger partial charge >= 0.3 is 0 Å². The van der Waals surface area contributed by atoms with Crippen molar-refractivity contribution in [1.29, 1.82) is 0 Å². The maximum absolute atomic E-state index is 12.9. The van der Waals surface area contributed by atoms with Crippen molar-refractivity contribution in [3.8, 4) is 0 Å². The fourth-order valence-corrected chi connectivity index (χ4v) is 5.34. The molecular formula is C21H33N3O3S. The van der Waals surface area contributed by atoms with Gasteiger partial charge in [0.1, 0.15) is 0 Å². The van der Waals surface area contributed by atoms with Crippen molar-refractivity contribution in [3.63, 3.8) is 0 Å². The van der Waals surface area contributed by atoms with E-state index in [1.165, 1.54) is 12.8 Å². The van der Waals surface area contributed by atoms with Gasteiger partial charge in [-0.3, -0.25) is 9.69 Å². The fourth-order valence-electron chi connectivity index (χ4n) is 3.91. The molecule has 2 fully saturated rings. The first-order valence-electron chi connectivity index (χ1n) is 10.5. The Morgan fingerprint density at radius 1 is 0.893 bits per heavy atom. The van der Waals surface area contributed by atoms with Crippen LogP contribution >= 0.6 is 0 Å². The maximum atomic E-state index is 12.9. The summed E-state index contributed by atoms with van der Waals surface area (Å²) >= 11 is 0. The summed E-state index contributed by atoms with van der Waals surface area (Å²) in [6.45, 7) is 8.37. The van der Waals surface area contributed by atoms with Crippen molar-refractivity contribution < 1.29 is 13.2 Å². The number of benzene rings is 1. The summed E-state index contributed by atoms with van der Waals surface area (Å²) in [5, 5.41) is 0. The van der Waals surface area contributed by atoms with Crippen LogP contribution in [0.4, 0.5) is 0 Å². The fraction of sp³-hybridized carbons (Fsp3) is 0.667. The van der Waals surface area contributed by atoms with Gasteiger partial charge in [0.2, 0.25) is 15.9 Å². The Morgan fingerprint density at radius 2 is 1.46 bits per heavy atom. The minimum Gasteiger partial charge on any atom is -0.342 e. The quantitative estimate of drug-likeness (QED) is 0.753. The number of nitrogens with zero attached hydrogens (tertiary/aromatic N) is 3. The van der Waals surface area contributed by atoms with E-state index >= 15 is 0 Å². The standard InChI is InChI=1S/C21H33N3O3S/c1-18(2)19-7-9-20(10-8-19)28(26,27)24-15-13-22(14-16-24)17-21(25)23-11-5-3-4-6-12-23/h7-10,18H,3-6,11-17H2,1-2H3. The Bertz CT molecular complexity index is 746. The van der Waals surface area contributed by atoms with E-state index < -0.39 is 10.0 Å². The average Bonchev–Trinajstić information content (AvgIpc) is 2.98. The highest BCUT2D eigenvalue weighted by Crippen LogP contribution is 2.21. The molecule has 6 nitrogen and oxygen atoms in total. The molecule has 0 radical (unpaired) electrons. The summed E-state index contributed by atoms with van der Waals surface area (Å²) in [7, 11) is -3.47. The molecule has 2 aliphatic heterocycles. The van der Waals surface area contributed by atoms with E-state index in [0.717, 1.165) is 31.5 Å². The highest BCUT2D eigenvalue weighted by atomic mass is 32.2. The lowest BCUT2D eigenvalue weighted by molar-refractivity contribution is -0.132. The van der Waals surface area contributed by atoms with Gasteiger partial charge in [-0.25, -0.2) is 8.42 Å². The summed E-state index contributed by atoms with van der Waals surface area (Å²) in [5.41, 5.74) is 1.13. The molecule has 0 unspecified atom stereocenters. The third-order valence-corrected chi connectivity index (χ3v) is 7.75. The van der Waals surface area contributed by atoms with Gasteiger partial charge in [-0.05, 0) is 36.5 Å². The minimum absolute atomic E-state index is 0.183. The van der Waals surface area contributed by atoms with Crippen LogP contribution in [0.25, 0.3) is 0 Å². The van der Waals surface area contributed by atoms with E-state index in [4.69, 9.17) is 0 Å². The molecule has 0 aliphatic carbocycles. The molecule has 156 valence electrons. The van der Waals surface area contributed by atoms with Crippen molar-refractivity contribution in [2.45, 2.75) is 50.3 Å². The van der Waals surface area contributed by atoms with Crippen LogP contribution in [-0.2, 0) is 14.8 Å². The van der Waals surface area contributed by atoms with E-state index in [1.54, 1.807) is 16.4 Å². The first kappa shape index (κ1) is 21.3. The second-order valence-electron chi connectivity index (χ2n) is 8.20. The number of sulfonamides is 1. The first-order chi connectivity index (χ1) is 13.4. The van der Waals surface area contributed by atoms with E-state index in [9.17, 15) is 13.2 Å². The second-order valence-corrected chi connectivity index (χ2v) is 10.1. The summed E-state index contributed by atoms with van der Waals surface area (Å²) in [6, 6.07) is 7.21. The largest absolute Gasteiger partial charge is 0.342 e. The molecule has 0 aromatic heterocycles. The predicted octanol–water partition coefficient (Wildman–Crippen LogP) is 2.52. The molecule has 1 aromatic rings. The molecule has 0 spiro atoms. The minimum atomic E-state index is -3.47. The molecular weight excluding hydrogens is 374 g/mol. The van der Waals surface area contributed by atoms with Gasteiger partial charge in [0, 0.05) is 39.3 Å². The number of carbonyl (C=O) groups excluding carboxylic acids is 1. The molecule has 2 heterocycles. The smallest absolute Gasteiger partial charge is 0.243 e.